The van der Waals surface area contributed by atoms with E-state index in [-0.39, 0.29) is 47.5 Å². The molecule has 0 aromatic heterocycles. The number of ether oxygens (including phenoxy) is 3. The summed E-state index contributed by atoms with van der Waals surface area (Å²) in [5.74, 6) is -0.416. The van der Waals surface area contributed by atoms with Crippen LogP contribution in [0.4, 0.5) is 11.4 Å². The van der Waals surface area contributed by atoms with E-state index in [1.54, 1.807) is 6.07 Å². The number of benzene rings is 2. The van der Waals surface area contributed by atoms with Crippen LogP contribution in [0.25, 0.3) is 6.08 Å². The molecule has 30 heavy (non-hydrogen) atoms. The monoisotopic (exact) mass is 475 g/mol. The van der Waals surface area contributed by atoms with Crippen molar-refractivity contribution < 1.29 is 29.0 Å². The molecular formula is C19H14BrN3O7. The van der Waals surface area contributed by atoms with E-state index in [0.717, 1.165) is 6.07 Å². The summed E-state index contributed by atoms with van der Waals surface area (Å²) in [6.45, 7) is 0.516. The summed E-state index contributed by atoms with van der Waals surface area (Å²) in [4.78, 5) is 23.3. The topological polar surface area (TPSA) is 144 Å². The van der Waals surface area contributed by atoms with Crippen LogP contribution in [0.15, 0.2) is 34.3 Å². The second kappa shape index (κ2) is 8.71. The van der Waals surface area contributed by atoms with Crippen molar-refractivity contribution in [1.29, 1.82) is 5.26 Å². The van der Waals surface area contributed by atoms with Gasteiger partial charge in [0.1, 0.15) is 30.5 Å². The number of nitro benzene ring substituents is 1. The molecule has 11 heteroatoms. The largest absolute Gasteiger partial charge is 0.503 e. The van der Waals surface area contributed by atoms with E-state index in [9.17, 15) is 25.3 Å². The van der Waals surface area contributed by atoms with E-state index in [4.69, 9.17) is 14.2 Å². The number of nitro groups is 1. The van der Waals surface area contributed by atoms with E-state index in [0.29, 0.717) is 10.0 Å². The fourth-order valence-electron chi connectivity index (χ4n) is 2.67. The molecule has 0 saturated carbocycles. The van der Waals surface area contributed by atoms with Crippen molar-refractivity contribution in [2.75, 3.05) is 25.6 Å². The maximum atomic E-state index is 12.6. The number of aromatic hydroxyl groups is 1. The Labute approximate surface area is 178 Å². The van der Waals surface area contributed by atoms with Crippen LogP contribution in [0.5, 0.6) is 23.0 Å². The number of phenols is 1. The Kier molecular flexibility index (Phi) is 6.08. The first-order valence-electron chi connectivity index (χ1n) is 8.41. The van der Waals surface area contributed by atoms with E-state index < -0.39 is 16.5 Å². The lowest BCUT2D eigenvalue weighted by Gasteiger charge is -2.19. The molecule has 2 aromatic rings. The molecule has 1 heterocycles. The lowest BCUT2D eigenvalue weighted by Crippen LogP contribution is -2.18. The van der Waals surface area contributed by atoms with E-state index >= 15 is 0 Å². The van der Waals surface area contributed by atoms with Crippen LogP contribution < -0.4 is 19.5 Å². The van der Waals surface area contributed by atoms with Crippen molar-refractivity contribution in [2.24, 2.45) is 0 Å². The van der Waals surface area contributed by atoms with Gasteiger partial charge in [0.25, 0.3) is 11.6 Å². The lowest BCUT2D eigenvalue weighted by atomic mass is 10.1. The fraction of sp³-hybridized carbons (Fsp3) is 0.158. The molecule has 0 spiro atoms. The van der Waals surface area contributed by atoms with E-state index in [1.807, 2.05) is 0 Å². The fourth-order valence-corrected chi connectivity index (χ4v) is 3.13. The summed E-state index contributed by atoms with van der Waals surface area (Å²) in [5, 5.41) is 33.0. The number of rotatable bonds is 5. The third-order valence-electron chi connectivity index (χ3n) is 4.05. The highest BCUT2D eigenvalue weighted by molar-refractivity contribution is 9.10. The number of phenolic OH excluding ortho intramolecular Hbond substituents is 1. The highest BCUT2D eigenvalue weighted by atomic mass is 79.9. The number of nitrogens with zero attached hydrogens (tertiary/aromatic N) is 2. The molecule has 1 amide bonds. The Bertz CT molecular complexity index is 1110. The highest BCUT2D eigenvalue weighted by Crippen LogP contribution is 2.40. The van der Waals surface area contributed by atoms with Crippen LogP contribution in [-0.2, 0) is 4.79 Å². The van der Waals surface area contributed by atoms with Crippen LogP contribution in [0, 0.1) is 21.4 Å². The number of methoxy groups -OCH3 is 1. The molecule has 0 radical (unpaired) electrons. The zero-order valence-corrected chi connectivity index (χ0v) is 17.1. The number of hydrogen-bond acceptors (Lipinski definition) is 8. The van der Waals surface area contributed by atoms with Gasteiger partial charge >= 0.3 is 0 Å². The minimum atomic E-state index is -0.861. The van der Waals surface area contributed by atoms with Crippen molar-refractivity contribution in [3.63, 3.8) is 0 Å². The number of hydrogen-bond donors (Lipinski definition) is 2. The first-order valence-corrected chi connectivity index (χ1v) is 9.21. The number of carbonyl (C=O) groups is 1. The average molecular weight is 476 g/mol. The molecule has 0 aliphatic carbocycles. The van der Waals surface area contributed by atoms with Gasteiger partial charge < -0.3 is 24.6 Å². The number of halogens is 1. The third-order valence-corrected chi connectivity index (χ3v) is 4.66. The molecule has 10 nitrogen and oxygen atoms in total. The molecule has 3 rings (SSSR count). The zero-order chi connectivity index (χ0) is 21.8. The Balaban J connectivity index is 1.94. The van der Waals surface area contributed by atoms with Crippen LogP contribution in [0.3, 0.4) is 0 Å². The number of carbonyl (C=O) groups excluding carboxylic acids is 1. The first kappa shape index (κ1) is 20.9. The molecule has 1 aliphatic heterocycles. The Morgan fingerprint density at radius 1 is 1.33 bits per heavy atom. The molecule has 2 aromatic carbocycles. The first-order chi connectivity index (χ1) is 14.3. The minimum absolute atomic E-state index is 0.135. The Morgan fingerprint density at radius 2 is 2.00 bits per heavy atom. The predicted octanol–water partition coefficient (Wildman–Crippen LogP) is 3.39. The van der Waals surface area contributed by atoms with Crippen molar-refractivity contribution in [1.82, 2.24) is 0 Å². The normalized spacial score (nSPS) is 12.6. The van der Waals surface area contributed by atoms with Crippen LogP contribution in [-0.4, -0.2) is 36.3 Å². The SMILES string of the molecule is COc1cc(/C=C(\C#N)C(=O)Nc2cc3c(cc2[N+](=O)[O-])OCCO3)cc(Br)c1O. The summed E-state index contributed by atoms with van der Waals surface area (Å²) < 4.78 is 16.1. The molecule has 0 saturated heterocycles. The number of nitrogens with one attached hydrogen (secondary N) is 1. The standard InChI is InChI=1S/C19H14BrN3O7/c1-28-17-6-10(5-12(20)18(17)24)4-11(9-21)19(25)22-13-7-15-16(30-3-2-29-15)8-14(13)23(26)27/h4-8,24H,2-3H2,1H3,(H,22,25)/b11-4+. The summed E-state index contributed by atoms with van der Waals surface area (Å²) in [6.07, 6.45) is 1.26. The molecule has 2 N–H and O–H groups in total. The van der Waals surface area contributed by atoms with Gasteiger partial charge in [-0.15, -0.1) is 0 Å². The predicted molar refractivity (Wildman–Crippen MR) is 109 cm³/mol. The number of amides is 1. The minimum Gasteiger partial charge on any atom is -0.503 e. The maximum Gasteiger partial charge on any atom is 0.296 e. The van der Waals surface area contributed by atoms with E-state index in [2.05, 4.69) is 21.2 Å². The van der Waals surface area contributed by atoms with Gasteiger partial charge in [-0.1, -0.05) is 0 Å². The van der Waals surface area contributed by atoms with Crippen molar-refractivity contribution in [3.05, 3.63) is 50.0 Å². The molecule has 0 atom stereocenters. The van der Waals surface area contributed by atoms with Crippen LogP contribution >= 0.6 is 15.9 Å². The van der Waals surface area contributed by atoms with Crippen LogP contribution in [0.2, 0.25) is 0 Å². The van der Waals surface area contributed by atoms with Crippen molar-refractivity contribution in [2.45, 2.75) is 0 Å². The number of anilines is 1. The lowest BCUT2D eigenvalue weighted by molar-refractivity contribution is -0.384. The van der Waals surface area contributed by atoms with Gasteiger partial charge in [0, 0.05) is 6.07 Å². The summed E-state index contributed by atoms with van der Waals surface area (Å²) in [7, 11) is 1.36. The zero-order valence-electron chi connectivity index (χ0n) is 15.5. The van der Waals surface area contributed by atoms with Gasteiger partial charge in [-0.05, 0) is 39.7 Å². The molecule has 0 bridgehead atoms. The molecule has 154 valence electrons. The second-order valence-electron chi connectivity index (χ2n) is 5.95. The van der Waals surface area contributed by atoms with Gasteiger partial charge in [-0.25, -0.2) is 0 Å². The molecule has 0 unspecified atom stereocenters. The summed E-state index contributed by atoms with van der Waals surface area (Å²) in [5.41, 5.74) is -0.475. The van der Waals surface area contributed by atoms with E-state index in [1.165, 1.54) is 31.4 Å². The van der Waals surface area contributed by atoms with Crippen LogP contribution in [0.1, 0.15) is 5.56 Å². The van der Waals surface area contributed by atoms with Gasteiger partial charge in [-0.2, -0.15) is 5.26 Å². The summed E-state index contributed by atoms with van der Waals surface area (Å²) in [6, 6.07) is 7.10. The summed E-state index contributed by atoms with van der Waals surface area (Å²) >= 11 is 3.16. The Hall–Kier alpha value is -3.78. The number of fused-ring (bicyclic) bond motifs is 1. The third kappa shape index (κ3) is 4.28. The smallest absolute Gasteiger partial charge is 0.296 e. The quantitative estimate of drug-likeness (QED) is 0.289. The van der Waals surface area contributed by atoms with Crippen molar-refractivity contribution >= 4 is 39.3 Å². The van der Waals surface area contributed by atoms with Gasteiger partial charge in [0.15, 0.2) is 23.0 Å². The average Bonchev–Trinajstić information content (AvgIpc) is 2.73. The molecular weight excluding hydrogens is 462 g/mol. The van der Waals surface area contributed by atoms with Crippen molar-refractivity contribution in [3.8, 4) is 29.1 Å². The van der Waals surface area contributed by atoms with Gasteiger partial charge in [-0.3, -0.25) is 14.9 Å². The number of nitriles is 1. The Morgan fingerprint density at radius 3 is 2.60 bits per heavy atom. The van der Waals surface area contributed by atoms with Gasteiger partial charge in [0.2, 0.25) is 0 Å². The highest BCUT2D eigenvalue weighted by Gasteiger charge is 2.24. The molecule has 0 fully saturated rings. The molecule has 1 aliphatic rings. The second-order valence-corrected chi connectivity index (χ2v) is 6.80. The van der Waals surface area contributed by atoms with Gasteiger partial charge in [0.05, 0.1) is 22.6 Å². The maximum absolute atomic E-state index is 12.6.